The highest BCUT2D eigenvalue weighted by Gasteiger charge is 2.68. The van der Waals surface area contributed by atoms with Crippen LogP contribution in [0.1, 0.15) is 99.3 Å². The second-order valence-corrected chi connectivity index (χ2v) is 21.1. The van der Waals surface area contributed by atoms with Gasteiger partial charge in [0.1, 0.15) is 67.6 Å². The van der Waals surface area contributed by atoms with E-state index in [1.165, 1.54) is 26.0 Å². The average Bonchev–Trinajstić information content (AvgIpc) is 3.82. The van der Waals surface area contributed by atoms with Crippen LogP contribution in [0.3, 0.4) is 0 Å². The largest absolute Gasteiger partial charge is 0.458 e. The summed E-state index contributed by atoms with van der Waals surface area (Å²) in [5, 5.41) is 80.8. The molecule has 18 heteroatoms. The molecule has 0 spiro atoms. The summed E-state index contributed by atoms with van der Waals surface area (Å²) in [6.45, 7) is 11.1. The lowest BCUT2D eigenvalue weighted by Gasteiger charge is -2.64. The molecule has 25 atom stereocenters. The number of cyclic esters (lactones) is 1. The van der Waals surface area contributed by atoms with E-state index in [2.05, 4.69) is 13.8 Å². The van der Waals surface area contributed by atoms with Gasteiger partial charge in [0.05, 0.1) is 30.0 Å². The fraction of sp³-hybridized carbons (Fsp3) is 0.872. The molecule has 4 aliphatic carbocycles. The van der Waals surface area contributed by atoms with Crippen molar-refractivity contribution in [2.45, 2.75) is 216 Å². The number of hydrogen-bond acceptors (Lipinski definition) is 18. The van der Waals surface area contributed by atoms with Crippen LogP contribution < -0.4 is 0 Å². The first-order chi connectivity index (χ1) is 30.7. The number of ketones is 1. The Labute approximate surface area is 379 Å². The van der Waals surface area contributed by atoms with Gasteiger partial charge in [0.2, 0.25) is 0 Å². The number of aliphatic hydroxyl groups is 7. The second kappa shape index (κ2) is 18.1. The van der Waals surface area contributed by atoms with E-state index in [1.807, 2.05) is 0 Å². The maximum atomic E-state index is 12.6. The summed E-state index contributed by atoms with van der Waals surface area (Å²) in [4.78, 5) is 23.9. The van der Waals surface area contributed by atoms with E-state index in [-0.39, 0.29) is 40.5 Å². The number of esters is 1. The molecule has 0 aromatic carbocycles. The van der Waals surface area contributed by atoms with Crippen molar-refractivity contribution in [2.24, 2.45) is 34.5 Å². The first kappa shape index (κ1) is 48.1. The molecule has 9 rings (SSSR count). The summed E-state index contributed by atoms with van der Waals surface area (Å²) in [5.74, 6) is 0.364. The Morgan fingerprint density at radius 1 is 0.631 bits per heavy atom. The molecular weight excluding hydrogens is 852 g/mol. The van der Waals surface area contributed by atoms with Crippen LogP contribution in [0.25, 0.3) is 0 Å². The molecule has 7 N–H and O–H groups in total. The zero-order valence-corrected chi connectivity index (χ0v) is 38.1. The standard InChI is InChI=1S/C47H70O18/c1-20-30(48)9-10-32(58-20)63-39-33(50)21(2)60-43(36(39)53)65-41-35(52)23(4)61-44(38(41)55)64-40-34(51)22(3)59-42(37(40)54)62-26-11-14-45(5)25(18-26)7-8-29-28(45)12-15-46(6)27(13-16-47(29,46)56)24-17-31(49)57-19-24/h9-10,17,20-23,25-29,32-44,50-56H,7-8,11-16,18-19H2,1-6H3/t20?,21?,22?,23?,25-,26+,27-,28?,29?,32-,33+,34+,35+,36+,37+,38+,39+,40+,41+,42?,43?,44?,45?,46?,47+/m1/s1. The quantitative estimate of drug-likeness (QED) is 0.126. The van der Waals surface area contributed by atoms with Crippen LogP contribution in [0.5, 0.6) is 0 Å². The molecule has 0 aromatic rings. The predicted octanol–water partition coefficient (Wildman–Crippen LogP) is 1.05. The molecule has 18 nitrogen and oxygen atoms in total. The molecule has 7 fully saturated rings. The van der Waals surface area contributed by atoms with Crippen molar-refractivity contribution < 1.29 is 88.0 Å². The van der Waals surface area contributed by atoms with Gasteiger partial charge in [-0.25, -0.2) is 4.79 Å². The summed E-state index contributed by atoms with van der Waals surface area (Å²) in [6.07, 6.45) is -10.6. The minimum absolute atomic E-state index is 0.0227. The molecule has 9 aliphatic rings. The molecule has 366 valence electrons. The Balaban J connectivity index is 0.831. The zero-order chi connectivity index (χ0) is 46.5. The van der Waals surface area contributed by atoms with Gasteiger partial charge in [-0.2, -0.15) is 0 Å². The minimum Gasteiger partial charge on any atom is -0.458 e. The summed E-state index contributed by atoms with van der Waals surface area (Å²) in [5.41, 5.74) is -0.153. The number of hydrogen-bond donors (Lipinski definition) is 7. The van der Waals surface area contributed by atoms with Crippen molar-refractivity contribution in [1.82, 2.24) is 0 Å². The van der Waals surface area contributed by atoms with Crippen LogP contribution in [-0.2, 0) is 52.2 Å². The SMILES string of the molecule is CC1O[C@H](O[C@@H]2[C@H](O)C(O[C@@H]3[C@H](O)C(O[C@@H]4[C@H](O)C(O[C@H]5CCC6(C)C7CCC8(C)[C@@H](C9=CC(=O)OC9)CC[C@]8(O)C7CC[C@@H]6C5)OC(C)[C@@H]4O)OC(C)[C@@H]3O)OC(C)[C@@H]2O)C=CC1=O. The lowest BCUT2D eigenvalue weighted by atomic mass is 9.43. The molecule has 3 saturated heterocycles. The van der Waals surface area contributed by atoms with E-state index in [1.54, 1.807) is 19.9 Å². The van der Waals surface area contributed by atoms with Crippen LogP contribution in [0.2, 0.25) is 0 Å². The van der Waals surface area contributed by atoms with Gasteiger partial charge in [-0.3, -0.25) is 4.79 Å². The first-order valence-electron chi connectivity index (χ1n) is 23.9. The smallest absolute Gasteiger partial charge is 0.331 e. The first-order valence-corrected chi connectivity index (χ1v) is 23.9. The highest BCUT2D eigenvalue weighted by molar-refractivity contribution is 5.93. The molecule has 11 unspecified atom stereocenters. The highest BCUT2D eigenvalue weighted by atomic mass is 16.8. The van der Waals surface area contributed by atoms with Crippen LogP contribution in [0.15, 0.2) is 23.8 Å². The number of rotatable bonds is 9. The molecule has 5 heterocycles. The van der Waals surface area contributed by atoms with Crippen molar-refractivity contribution >= 4 is 11.8 Å². The highest BCUT2D eigenvalue weighted by Crippen LogP contribution is 2.70. The third-order valence-electron chi connectivity index (χ3n) is 17.6. The molecule has 4 saturated carbocycles. The lowest BCUT2D eigenvalue weighted by Crippen LogP contribution is -2.66. The van der Waals surface area contributed by atoms with Crippen molar-refractivity contribution in [3.8, 4) is 0 Å². The number of ether oxygens (including phenoxy) is 9. The average molecular weight is 923 g/mol. The van der Waals surface area contributed by atoms with E-state index < -0.39 is 110 Å². The van der Waals surface area contributed by atoms with Crippen molar-refractivity contribution in [3.63, 3.8) is 0 Å². The third-order valence-corrected chi connectivity index (χ3v) is 17.6. The topological polar surface area (TPSA) is 259 Å². The Morgan fingerprint density at radius 2 is 1.20 bits per heavy atom. The van der Waals surface area contributed by atoms with Gasteiger partial charge in [0.25, 0.3) is 0 Å². The van der Waals surface area contributed by atoms with Gasteiger partial charge < -0.3 is 78.4 Å². The predicted molar refractivity (Wildman–Crippen MR) is 223 cm³/mol. The van der Waals surface area contributed by atoms with Gasteiger partial charge in [-0.1, -0.05) is 13.8 Å². The molecule has 5 aliphatic heterocycles. The maximum absolute atomic E-state index is 12.6. The third kappa shape index (κ3) is 8.30. The van der Waals surface area contributed by atoms with Crippen LogP contribution in [-0.4, -0.2) is 170 Å². The number of aliphatic hydroxyl groups excluding tert-OH is 6. The molecular formula is C47H70O18. The summed E-state index contributed by atoms with van der Waals surface area (Å²) in [7, 11) is 0. The Kier molecular flexibility index (Phi) is 13.4. The fourth-order valence-corrected chi connectivity index (χ4v) is 13.7. The maximum Gasteiger partial charge on any atom is 0.331 e. The molecule has 0 aromatic heterocycles. The molecule has 0 bridgehead atoms. The van der Waals surface area contributed by atoms with E-state index in [0.717, 1.165) is 50.5 Å². The molecule has 65 heavy (non-hydrogen) atoms. The monoisotopic (exact) mass is 922 g/mol. The summed E-state index contributed by atoms with van der Waals surface area (Å²) < 4.78 is 53.2. The van der Waals surface area contributed by atoms with E-state index in [4.69, 9.17) is 42.6 Å². The Bertz CT molecular complexity index is 1830. The van der Waals surface area contributed by atoms with Crippen LogP contribution >= 0.6 is 0 Å². The van der Waals surface area contributed by atoms with Crippen LogP contribution in [0, 0.1) is 34.5 Å². The van der Waals surface area contributed by atoms with Crippen molar-refractivity contribution in [2.75, 3.05) is 6.61 Å². The van der Waals surface area contributed by atoms with Gasteiger partial charge >= 0.3 is 5.97 Å². The lowest BCUT2D eigenvalue weighted by molar-refractivity contribution is -0.380. The second-order valence-electron chi connectivity index (χ2n) is 21.1. The normalized spacial score (nSPS) is 54.6. The van der Waals surface area contributed by atoms with Crippen molar-refractivity contribution in [1.29, 1.82) is 0 Å². The van der Waals surface area contributed by atoms with Gasteiger partial charge in [-0.05, 0) is 132 Å². The zero-order valence-electron chi connectivity index (χ0n) is 38.1. The number of fused-ring (bicyclic) bond motifs is 5. The Morgan fingerprint density at radius 3 is 1.75 bits per heavy atom. The van der Waals surface area contributed by atoms with E-state index in [0.29, 0.717) is 31.3 Å². The van der Waals surface area contributed by atoms with Crippen molar-refractivity contribution in [3.05, 3.63) is 23.8 Å². The summed E-state index contributed by atoms with van der Waals surface area (Å²) in [6, 6.07) is 0. The Hall–Kier alpha value is -1.98. The van der Waals surface area contributed by atoms with E-state index in [9.17, 15) is 45.3 Å². The van der Waals surface area contributed by atoms with Gasteiger partial charge in [0, 0.05) is 11.5 Å². The van der Waals surface area contributed by atoms with E-state index >= 15 is 0 Å². The molecule has 0 amide bonds. The molecule has 0 radical (unpaired) electrons. The van der Waals surface area contributed by atoms with Gasteiger partial charge in [0.15, 0.2) is 30.9 Å². The fourth-order valence-electron chi connectivity index (χ4n) is 13.7. The number of carbonyl (C=O) groups excluding carboxylic acids is 2. The number of carbonyl (C=O) groups is 2. The van der Waals surface area contributed by atoms with Crippen LogP contribution in [0.4, 0.5) is 0 Å². The minimum atomic E-state index is -1.73. The van der Waals surface area contributed by atoms with Gasteiger partial charge in [-0.15, -0.1) is 0 Å². The summed E-state index contributed by atoms with van der Waals surface area (Å²) >= 11 is 0.